The van der Waals surface area contributed by atoms with Crippen molar-refractivity contribution in [3.05, 3.63) is 59.8 Å². The number of allylic oxidation sites excluding steroid dienone is 2. The number of pyridine rings is 1. The van der Waals surface area contributed by atoms with Gasteiger partial charge in [-0.1, -0.05) is 0 Å². The molecule has 0 fully saturated rings. The van der Waals surface area contributed by atoms with E-state index in [1.165, 1.54) is 6.07 Å². The van der Waals surface area contributed by atoms with Gasteiger partial charge in [0, 0.05) is 18.0 Å². The second-order valence-electron chi connectivity index (χ2n) is 5.05. The third-order valence-corrected chi connectivity index (χ3v) is 3.41. The van der Waals surface area contributed by atoms with Gasteiger partial charge in [-0.05, 0) is 30.3 Å². The minimum absolute atomic E-state index is 0.00318. The van der Waals surface area contributed by atoms with E-state index in [-0.39, 0.29) is 28.7 Å². The highest BCUT2D eigenvalue weighted by Gasteiger charge is 2.17. The summed E-state index contributed by atoms with van der Waals surface area (Å²) in [6, 6.07) is 11.9. The number of rotatable bonds is 4. The van der Waals surface area contributed by atoms with E-state index < -0.39 is 11.4 Å². The predicted molar refractivity (Wildman–Crippen MR) is 90.4 cm³/mol. The Balaban J connectivity index is 2.05. The van der Waals surface area contributed by atoms with Crippen molar-refractivity contribution in [2.24, 2.45) is 0 Å². The van der Waals surface area contributed by atoms with E-state index in [4.69, 9.17) is 14.9 Å². The summed E-state index contributed by atoms with van der Waals surface area (Å²) >= 11 is 0. The summed E-state index contributed by atoms with van der Waals surface area (Å²) in [7, 11) is 0. The van der Waals surface area contributed by atoms with Gasteiger partial charge in [0.05, 0.1) is 11.3 Å². The lowest BCUT2D eigenvalue weighted by molar-refractivity contribution is 0.582. The normalized spacial score (nSPS) is 9.56. The zero-order chi connectivity index (χ0) is 19.2. The van der Waals surface area contributed by atoms with Crippen molar-refractivity contribution in [1.82, 2.24) is 15.2 Å². The van der Waals surface area contributed by atoms with Gasteiger partial charge >= 0.3 is 0 Å². The highest BCUT2D eigenvalue weighted by atomic mass is 19.1. The fourth-order valence-electron chi connectivity index (χ4n) is 2.16. The maximum Gasteiger partial charge on any atom is 0.250 e. The molecule has 0 radical (unpaired) electrons. The lowest BCUT2D eigenvalue weighted by atomic mass is 10.1. The number of nitriles is 3. The highest BCUT2D eigenvalue weighted by molar-refractivity contribution is 5.76. The van der Waals surface area contributed by atoms with Gasteiger partial charge in [0.15, 0.2) is 5.57 Å². The van der Waals surface area contributed by atoms with Crippen LogP contribution in [-0.4, -0.2) is 15.2 Å². The number of hydrogen-bond acceptors (Lipinski definition) is 8. The number of benzene rings is 1. The molecule has 0 aliphatic carbocycles. The van der Waals surface area contributed by atoms with Gasteiger partial charge in [-0.15, -0.1) is 10.2 Å². The molecule has 0 aliphatic heterocycles. The maximum atomic E-state index is 13.8. The quantitative estimate of drug-likeness (QED) is 0.703. The second kappa shape index (κ2) is 7.56. The third-order valence-electron chi connectivity index (χ3n) is 3.41. The molecule has 0 spiro atoms. The molecule has 0 aliphatic rings. The van der Waals surface area contributed by atoms with Crippen molar-refractivity contribution in [2.75, 3.05) is 5.32 Å². The SMILES string of the molecule is N#CC(C#N)=C(C#N)Nc1ccc(F)cc1-c1nnc(-c2ccncc2)o1. The monoisotopic (exact) mass is 357 g/mol. The van der Waals surface area contributed by atoms with Crippen LogP contribution in [0.2, 0.25) is 0 Å². The second-order valence-corrected chi connectivity index (χ2v) is 5.05. The van der Waals surface area contributed by atoms with Gasteiger partial charge in [0.25, 0.3) is 0 Å². The molecule has 1 aromatic carbocycles. The maximum absolute atomic E-state index is 13.8. The number of anilines is 1. The summed E-state index contributed by atoms with van der Waals surface area (Å²) in [5.74, 6) is -0.368. The largest absolute Gasteiger partial charge is 0.416 e. The van der Waals surface area contributed by atoms with E-state index in [0.717, 1.165) is 12.1 Å². The molecule has 8 nitrogen and oxygen atoms in total. The Bertz CT molecular complexity index is 1130. The fraction of sp³-hybridized carbons (Fsp3) is 0. The van der Waals surface area contributed by atoms with Crippen LogP contribution in [0, 0.1) is 39.8 Å². The van der Waals surface area contributed by atoms with Gasteiger partial charge in [0.2, 0.25) is 11.8 Å². The summed E-state index contributed by atoms with van der Waals surface area (Å²) < 4.78 is 19.4. The molecule has 2 heterocycles. The van der Waals surface area contributed by atoms with Crippen LogP contribution < -0.4 is 5.32 Å². The van der Waals surface area contributed by atoms with Crippen molar-refractivity contribution in [3.8, 4) is 41.1 Å². The van der Waals surface area contributed by atoms with Gasteiger partial charge in [-0.25, -0.2) is 4.39 Å². The summed E-state index contributed by atoms with van der Waals surface area (Å²) in [5.41, 5.74) is 0.340. The molecule has 3 rings (SSSR count). The average molecular weight is 357 g/mol. The molecule has 3 aromatic rings. The first-order valence-electron chi connectivity index (χ1n) is 7.41. The molecule has 128 valence electrons. The molecular formula is C18H8FN7O. The summed E-state index contributed by atoms with van der Waals surface area (Å²) in [4.78, 5) is 3.90. The van der Waals surface area contributed by atoms with Crippen LogP contribution in [0.1, 0.15) is 0 Å². The Morgan fingerprint density at radius 1 is 0.963 bits per heavy atom. The van der Waals surface area contributed by atoms with Gasteiger partial charge in [-0.2, -0.15) is 15.8 Å². The van der Waals surface area contributed by atoms with E-state index >= 15 is 0 Å². The zero-order valence-corrected chi connectivity index (χ0v) is 13.5. The summed E-state index contributed by atoms with van der Waals surface area (Å²) in [5, 5.41) is 37.5. The van der Waals surface area contributed by atoms with Crippen molar-refractivity contribution in [1.29, 1.82) is 15.8 Å². The molecule has 0 unspecified atom stereocenters. The number of halogens is 1. The van der Waals surface area contributed by atoms with Crippen LogP contribution in [-0.2, 0) is 0 Å². The van der Waals surface area contributed by atoms with E-state index in [1.807, 2.05) is 0 Å². The highest BCUT2D eigenvalue weighted by Crippen LogP contribution is 2.31. The number of nitrogens with one attached hydrogen (secondary N) is 1. The molecule has 0 bridgehead atoms. The zero-order valence-electron chi connectivity index (χ0n) is 13.5. The molecule has 9 heteroatoms. The summed E-state index contributed by atoms with van der Waals surface area (Å²) in [6.07, 6.45) is 3.12. The molecule has 27 heavy (non-hydrogen) atoms. The average Bonchev–Trinajstić information content (AvgIpc) is 3.20. The minimum Gasteiger partial charge on any atom is -0.416 e. The van der Waals surface area contributed by atoms with Gasteiger partial charge in [0.1, 0.15) is 29.7 Å². The Morgan fingerprint density at radius 2 is 1.67 bits per heavy atom. The van der Waals surface area contributed by atoms with Crippen LogP contribution in [0.15, 0.2) is 58.4 Å². The standard InChI is InChI=1S/C18H8FN7O/c19-13-1-2-15(24-16(10-22)12(8-20)9-21)14(7-13)18-26-25-17(27-18)11-3-5-23-6-4-11/h1-7,24H. The van der Waals surface area contributed by atoms with Crippen molar-refractivity contribution in [3.63, 3.8) is 0 Å². The predicted octanol–water partition coefficient (Wildman–Crippen LogP) is 3.17. The molecule has 0 saturated carbocycles. The Labute approximate surface area is 152 Å². The topological polar surface area (TPSA) is 135 Å². The smallest absolute Gasteiger partial charge is 0.250 e. The lowest BCUT2D eigenvalue weighted by Gasteiger charge is -2.08. The first-order chi connectivity index (χ1) is 13.2. The van der Waals surface area contributed by atoms with Gasteiger partial charge < -0.3 is 9.73 Å². The Kier molecular flexibility index (Phi) is 4.84. The first kappa shape index (κ1) is 17.3. The number of hydrogen-bond donors (Lipinski definition) is 1. The van der Waals surface area contributed by atoms with Crippen LogP contribution in [0.3, 0.4) is 0 Å². The van der Waals surface area contributed by atoms with Crippen LogP contribution in [0.4, 0.5) is 10.1 Å². The van der Waals surface area contributed by atoms with E-state index in [9.17, 15) is 9.65 Å². The minimum atomic E-state index is -0.567. The van der Waals surface area contributed by atoms with Crippen molar-refractivity contribution in [2.45, 2.75) is 0 Å². The number of nitrogens with zero attached hydrogens (tertiary/aromatic N) is 6. The van der Waals surface area contributed by atoms with Gasteiger partial charge in [-0.3, -0.25) is 4.98 Å². The number of aromatic nitrogens is 3. The van der Waals surface area contributed by atoms with Crippen LogP contribution >= 0.6 is 0 Å². The van der Waals surface area contributed by atoms with Crippen molar-refractivity contribution >= 4 is 5.69 Å². The lowest BCUT2D eigenvalue weighted by Crippen LogP contribution is -2.02. The third kappa shape index (κ3) is 3.60. The van der Waals surface area contributed by atoms with E-state index in [1.54, 1.807) is 42.7 Å². The van der Waals surface area contributed by atoms with Crippen LogP contribution in [0.5, 0.6) is 0 Å². The van der Waals surface area contributed by atoms with E-state index in [2.05, 4.69) is 20.5 Å². The molecule has 0 amide bonds. The molecular weight excluding hydrogens is 349 g/mol. The Morgan fingerprint density at radius 3 is 2.33 bits per heavy atom. The van der Waals surface area contributed by atoms with E-state index in [0.29, 0.717) is 5.56 Å². The molecule has 0 saturated heterocycles. The van der Waals surface area contributed by atoms with Crippen LogP contribution in [0.25, 0.3) is 22.9 Å². The molecule has 1 N–H and O–H groups in total. The fourth-order valence-corrected chi connectivity index (χ4v) is 2.16. The molecule has 2 aromatic heterocycles. The first-order valence-corrected chi connectivity index (χ1v) is 7.41. The van der Waals surface area contributed by atoms with Crippen molar-refractivity contribution < 1.29 is 8.81 Å². The molecule has 0 atom stereocenters. The Hall–Kier alpha value is -4.55. The summed E-state index contributed by atoms with van der Waals surface area (Å²) in [6.45, 7) is 0.